The Bertz CT molecular complexity index is 850. The van der Waals surface area contributed by atoms with Gasteiger partial charge in [-0.2, -0.15) is 0 Å². The Hall–Kier alpha value is -3.27. The molecule has 3 aromatic rings. The highest BCUT2D eigenvalue weighted by atomic mass is 16.7. The van der Waals surface area contributed by atoms with Crippen molar-refractivity contribution < 1.29 is 14.3 Å². The lowest BCUT2D eigenvalue weighted by Crippen LogP contribution is -2.28. The van der Waals surface area contributed by atoms with Crippen LogP contribution in [0.5, 0.6) is 5.75 Å². The number of anilines is 1. The SMILES string of the molecule is CCN(CCOC(=O)Oc1cccc(-c2ccccc2)c1)c1ccccc1. The van der Waals surface area contributed by atoms with Gasteiger partial charge in [0.2, 0.25) is 0 Å². The molecule has 0 saturated carbocycles. The molecule has 0 heterocycles. The van der Waals surface area contributed by atoms with Gasteiger partial charge in [-0.1, -0.05) is 60.7 Å². The summed E-state index contributed by atoms with van der Waals surface area (Å²) in [6, 6.07) is 27.4. The minimum Gasteiger partial charge on any atom is -0.432 e. The minimum absolute atomic E-state index is 0.264. The fraction of sp³-hybridized carbons (Fsp3) is 0.174. The van der Waals surface area contributed by atoms with Crippen molar-refractivity contribution in [3.63, 3.8) is 0 Å². The Morgan fingerprint density at radius 3 is 2.22 bits per heavy atom. The molecular weight excluding hydrogens is 338 g/mol. The molecule has 0 aliphatic carbocycles. The highest BCUT2D eigenvalue weighted by Gasteiger charge is 2.09. The Labute approximate surface area is 160 Å². The van der Waals surface area contributed by atoms with Crippen LogP contribution >= 0.6 is 0 Å². The zero-order valence-corrected chi connectivity index (χ0v) is 15.4. The zero-order chi connectivity index (χ0) is 18.9. The highest BCUT2D eigenvalue weighted by molar-refractivity contribution is 5.68. The second-order valence-corrected chi connectivity index (χ2v) is 6.01. The number of benzene rings is 3. The van der Waals surface area contributed by atoms with Crippen LogP contribution < -0.4 is 9.64 Å². The summed E-state index contributed by atoms with van der Waals surface area (Å²) >= 11 is 0. The molecule has 0 atom stereocenters. The Kier molecular flexibility index (Phi) is 6.47. The maximum atomic E-state index is 12.0. The van der Waals surface area contributed by atoms with E-state index in [4.69, 9.17) is 9.47 Å². The molecule has 138 valence electrons. The average molecular weight is 361 g/mol. The number of hydrogen-bond acceptors (Lipinski definition) is 4. The molecular formula is C23H23NO3. The Morgan fingerprint density at radius 1 is 0.852 bits per heavy atom. The van der Waals surface area contributed by atoms with Crippen LogP contribution in [0.2, 0.25) is 0 Å². The Balaban J connectivity index is 1.52. The lowest BCUT2D eigenvalue weighted by atomic mass is 10.1. The summed E-state index contributed by atoms with van der Waals surface area (Å²) < 4.78 is 10.6. The van der Waals surface area contributed by atoms with Crippen molar-refractivity contribution in [2.75, 3.05) is 24.6 Å². The maximum Gasteiger partial charge on any atom is 0.513 e. The first-order valence-corrected chi connectivity index (χ1v) is 9.06. The van der Waals surface area contributed by atoms with Crippen molar-refractivity contribution >= 4 is 11.8 Å². The van der Waals surface area contributed by atoms with Gasteiger partial charge in [0, 0.05) is 12.2 Å². The van der Waals surface area contributed by atoms with Gasteiger partial charge >= 0.3 is 6.16 Å². The third-order valence-electron chi connectivity index (χ3n) is 4.23. The van der Waals surface area contributed by atoms with E-state index in [9.17, 15) is 4.79 Å². The second-order valence-electron chi connectivity index (χ2n) is 6.01. The van der Waals surface area contributed by atoms with Gasteiger partial charge in [-0.3, -0.25) is 0 Å². The molecule has 0 N–H and O–H groups in total. The van der Waals surface area contributed by atoms with Gasteiger partial charge in [-0.25, -0.2) is 4.79 Å². The summed E-state index contributed by atoms with van der Waals surface area (Å²) in [4.78, 5) is 14.1. The molecule has 0 fully saturated rings. The number of likely N-dealkylation sites (N-methyl/N-ethyl adjacent to an activating group) is 1. The first-order chi connectivity index (χ1) is 13.3. The first kappa shape index (κ1) is 18.5. The molecule has 27 heavy (non-hydrogen) atoms. The van der Waals surface area contributed by atoms with E-state index < -0.39 is 6.16 Å². The van der Waals surface area contributed by atoms with Gasteiger partial charge in [0.25, 0.3) is 0 Å². The van der Waals surface area contributed by atoms with Gasteiger partial charge in [0.15, 0.2) is 0 Å². The van der Waals surface area contributed by atoms with E-state index in [0.29, 0.717) is 12.3 Å². The quantitative estimate of drug-likeness (QED) is 0.417. The summed E-state index contributed by atoms with van der Waals surface area (Å²) in [5, 5.41) is 0. The maximum absolute atomic E-state index is 12.0. The zero-order valence-electron chi connectivity index (χ0n) is 15.4. The van der Waals surface area contributed by atoms with E-state index in [0.717, 1.165) is 23.4 Å². The van der Waals surface area contributed by atoms with Crippen LogP contribution in [0.25, 0.3) is 11.1 Å². The minimum atomic E-state index is -0.690. The number of nitrogens with zero attached hydrogens (tertiary/aromatic N) is 1. The lowest BCUT2D eigenvalue weighted by Gasteiger charge is -2.22. The van der Waals surface area contributed by atoms with Crippen molar-refractivity contribution in [1.29, 1.82) is 0 Å². The van der Waals surface area contributed by atoms with Gasteiger partial charge in [-0.05, 0) is 42.3 Å². The van der Waals surface area contributed by atoms with Crippen LogP contribution in [0.4, 0.5) is 10.5 Å². The molecule has 0 aliphatic rings. The molecule has 4 nitrogen and oxygen atoms in total. The highest BCUT2D eigenvalue weighted by Crippen LogP contribution is 2.23. The van der Waals surface area contributed by atoms with E-state index >= 15 is 0 Å². The van der Waals surface area contributed by atoms with Gasteiger partial charge in [-0.15, -0.1) is 0 Å². The van der Waals surface area contributed by atoms with Crippen LogP contribution in [-0.2, 0) is 4.74 Å². The number of carbonyl (C=O) groups is 1. The fourth-order valence-electron chi connectivity index (χ4n) is 2.84. The number of carbonyl (C=O) groups excluding carboxylic acids is 1. The standard InChI is InChI=1S/C23H23NO3/c1-2-24(21-13-7-4-8-14-21)16-17-26-23(25)27-22-15-9-12-20(18-22)19-10-5-3-6-11-19/h3-15,18H,2,16-17H2,1H3. The Morgan fingerprint density at radius 2 is 1.52 bits per heavy atom. The van der Waals surface area contributed by atoms with Crippen molar-refractivity contribution in [2.45, 2.75) is 6.92 Å². The first-order valence-electron chi connectivity index (χ1n) is 9.06. The number of hydrogen-bond donors (Lipinski definition) is 0. The van der Waals surface area contributed by atoms with Gasteiger partial charge < -0.3 is 14.4 Å². The molecule has 0 aromatic heterocycles. The van der Waals surface area contributed by atoms with Crippen LogP contribution in [0.15, 0.2) is 84.9 Å². The summed E-state index contributed by atoms with van der Waals surface area (Å²) in [6.45, 7) is 3.78. The third kappa shape index (κ3) is 5.35. The van der Waals surface area contributed by atoms with E-state index in [-0.39, 0.29) is 6.61 Å². The number of rotatable bonds is 7. The predicted octanol–water partition coefficient (Wildman–Crippen LogP) is 5.40. The van der Waals surface area contributed by atoms with Gasteiger partial charge in [0.1, 0.15) is 12.4 Å². The summed E-state index contributed by atoms with van der Waals surface area (Å²) in [7, 11) is 0. The smallest absolute Gasteiger partial charge is 0.432 e. The molecule has 0 aliphatic heterocycles. The lowest BCUT2D eigenvalue weighted by molar-refractivity contribution is 0.101. The van der Waals surface area contributed by atoms with Crippen molar-refractivity contribution in [1.82, 2.24) is 0 Å². The van der Waals surface area contributed by atoms with Crippen LogP contribution in [0.1, 0.15) is 6.92 Å². The normalized spacial score (nSPS) is 10.3. The van der Waals surface area contributed by atoms with Crippen LogP contribution in [0, 0.1) is 0 Å². The van der Waals surface area contributed by atoms with E-state index in [2.05, 4.69) is 11.8 Å². The fourth-order valence-corrected chi connectivity index (χ4v) is 2.84. The van der Waals surface area contributed by atoms with Crippen molar-refractivity contribution in [3.8, 4) is 16.9 Å². The predicted molar refractivity (Wildman–Crippen MR) is 108 cm³/mol. The van der Waals surface area contributed by atoms with Crippen molar-refractivity contribution in [2.24, 2.45) is 0 Å². The summed E-state index contributed by atoms with van der Waals surface area (Å²) in [5.74, 6) is 0.469. The molecule has 0 spiro atoms. The number of ether oxygens (including phenoxy) is 2. The molecule has 0 saturated heterocycles. The largest absolute Gasteiger partial charge is 0.513 e. The van der Waals surface area contributed by atoms with E-state index in [1.54, 1.807) is 6.07 Å². The third-order valence-corrected chi connectivity index (χ3v) is 4.23. The molecule has 3 rings (SSSR count). The summed E-state index contributed by atoms with van der Waals surface area (Å²) in [5.41, 5.74) is 3.16. The van der Waals surface area contributed by atoms with E-state index in [1.807, 2.05) is 78.9 Å². The molecule has 3 aromatic carbocycles. The molecule has 0 radical (unpaired) electrons. The molecule has 4 heteroatoms. The van der Waals surface area contributed by atoms with Gasteiger partial charge in [0.05, 0.1) is 6.54 Å². The molecule has 0 unspecified atom stereocenters. The average Bonchev–Trinajstić information content (AvgIpc) is 2.73. The summed E-state index contributed by atoms with van der Waals surface area (Å²) in [6.07, 6.45) is -0.690. The second kappa shape index (κ2) is 9.43. The monoisotopic (exact) mass is 361 g/mol. The molecule has 0 amide bonds. The van der Waals surface area contributed by atoms with Crippen LogP contribution in [0.3, 0.4) is 0 Å². The topological polar surface area (TPSA) is 38.8 Å². The van der Waals surface area contributed by atoms with Crippen LogP contribution in [-0.4, -0.2) is 25.9 Å². The van der Waals surface area contributed by atoms with E-state index in [1.165, 1.54) is 0 Å². The van der Waals surface area contributed by atoms with Crippen molar-refractivity contribution in [3.05, 3.63) is 84.9 Å². The molecule has 0 bridgehead atoms. The number of para-hydroxylation sites is 1.